The second-order valence-corrected chi connectivity index (χ2v) is 13.1. The minimum Gasteiger partial charge on any atom is -0.495 e. The van der Waals surface area contributed by atoms with Crippen LogP contribution in [0.1, 0.15) is 58.6 Å². The molecule has 0 aromatic heterocycles. The van der Waals surface area contributed by atoms with Gasteiger partial charge in [0.15, 0.2) is 6.10 Å². The SMILES string of the molecule is COc1ccc(CC(NC(=O)/C=C/CC(OC(=O)C(CC(C)C)OC)C(C)/C=C\c2ccccc2)C(=O)NCC(C)(C)C=O)cc1Cl. The minimum absolute atomic E-state index is 0.0988. The van der Waals surface area contributed by atoms with Gasteiger partial charge in [0.05, 0.1) is 12.1 Å². The summed E-state index contributed by atoms with van der Waals surface area (Å²) in [7, 11) is 2.99. The van der Waals surface area contributed by atoms with Crippen molar-refractivity contribution in [2.45, 2.75) is 72.1 Å². The van der Waals surface area contributed by atoms with E-state index >= 15 is 0 Å². The van der Waals surface area contributed by atoms with Gasteiger partial charge >= 0.3 is 5.97 Å². The van der Waals surface area contributed by atoms with Gasteiger partial charge < -0.3 is 29.6 Å². The fourth-order valence-electron chi connectivity index (χ4n) is 4.55. The molecule has 4 unspecified atom stereocenters. The van der Waals surface area contributed by atoms with Gasteiger partial charge in [-0.25, -0.2) is 4.79 Å². The molecular weight excluding hydrogens is 620 g/mol. The molecule has 2 aromatic rings. The van der Waals surface area contributed by atoms with Gasteiger partial charge in [-0.05, 0) is 41.7 Å². The number of ether oxygens (including phenoxy) is 3. The van der Waals surface area contributed by atoms with Crippen LogP contribution in [0, 0.1) is 17.3 Å². The van der Waals surface area contributed by atoms with Gasteiger partial charge in [0.25, 0.3) is 0 Å². The van der Waals surface area contributed by atoms with Crippen molar-refractivity contribution >= 4 is 41.7 Å². The molecule has 2 amide bonds. The number of hydrogen-bond acceptors (Lipinski definition) is 7. The van der Waals surface area contributed by atoms with Gasteiger partial charge in [-0.3, -0.25) is 9.59 Å². The molecule has 0 radical (unpaired) electrons. The van der Waals surface area contributed by atoms with E-state index in [0.717, 1.165) is 11.8 Å². The maximum Gasteiger partial charge on any atom is 0.335 e. The van der Waals surface area contributed by atoms with Crippen LogP contribution < -0.4 is 15.4 Å². The maximum absolute atomic E-state index is 13.2. The van der Waals surface area contributed by atoms with Crippen LogP contribution in [0.25, 0.3) is 6.08 Å². The summed E-state index contributed by atoms with van der Waals surface area (Å²) in [6.45, 7) is 9.46. The molecule has 4 atom stereocenters. The van der Waals surface area contributed by atoms with Gasteiger partial charge in [-0.2, -0.15) is 0 Å². The third kappa shape index (κ3) is 14.1. The maximum atomic E-state index is 13.2. The summed E-state index contributed by atoms with van der Waals surface area (Å²) in [4.78, 5) is 50.7. The second kappa shape index (κ2) is 19.7. The Morgan fingerprint density at radius 3 is 2.32 bits per heavy atom. The Bertz CT molecular complexity index is 1370. The first kappa shape index (κ1) is 39.2. The molecule has 256 valence electrons. The lowest BCUT2D eigenvalue weighted by Crippen LogP contribution is -2.49. The van der Waals surface area contributed by atoms with Gasteiger partial charge in [0.1, 0.15) is 24.2 Å². The molecule has 0 aliphatic carbocycles. The van der Waals surface area contributed by atoms with E-state index in [-0.39, 0.29) is 31.2 Å². The minimum atomic E-state index is -0.959. The number of benzene rings is 2. The summed E-state index contributed by atoms with van der Waals surface area (Å²) in [5.41, 5.74) is 0.936. The van der Waals surface area contributed by atoms with Crippen LogP contribution >= 0.6 is 11.6 Å². The van der Waals surface area contributed by atoms with Crippen molar-refractivity contribution in [3.05, 3.63) is 82.9 Å². The Balaban J connectivity index is 2.22. The average molecular weight is 669 g/mol. The number of amides is 2. The van der Waals surface area contributed by atoms with Crippen LogP contribution in [0.15, 0.2) is 66.8 Å². The van der Waals surface area contributed by atoms with Crippen molar-refractivity contribution in [2.75, 3.05) is 20.8 Å². The summed E-state index contributed by atoms with van der Waals surface area (Å²) in [6, 6.07) is 13.9. The van der Waals surface area contributed by atoms with E-state index in [0.29, 0.717) is 22.8 Å². The van der Waals surface area contributed by atoms with E-state index in [1.165, 1.54) is 20.3 Å². The molecule has 2 aromatic carbocycles. The average Bonchev–Trinajstić information content (AvgIpc) is 3.04. The number of carbonyl (C=O) groups excluding carboxylic acids is 4. The fraction of sp³-hybridized carbons (Fsp3) is 0.459. The van der Waals surface area contributed by atoms with Gasteiger partial charge in [-0.15, -0.1) is 0 Å². The smallest absolute Gasteiger partial charge is 0.335 e. The number of carbonyl (C=O) groups is 4. The van der Waals surface area contributed by atoms with Crippen LogP contribution in [0.3, 0.4) is 0 Å². The number of nitrogens with one attached hydrogen (secondary N) is 2. The van der Waals surface area contributed by atoms with E-state index in [4.69, 9.17) is 25.8 Å². The molecule has 9 nitrogen and oxygen atoms in total. The number of halogens is 1. The first-order chi connectivity index (χ1) is 22.3. The predicted molar refractivity (Wildman–Crippen MR) is 185 cm³/mol. The number of hydrogen-bond donors (Lipinski definition) is 2. The fourth-order valence-corrected chi connectivity index (χ4v) is 4.83. The summed E-state index contributed by atoms with van der Waals surface area (Å²) in [6.07, 6.45) is 7.27. The Kier molecular flexibility index (Phi) is 16.4. The molecule has 10 heteroatoms. The highest BCUT2D eigenvalue weighted by atomic mass is 35.5. The standard InChI is InChI=1S/C37H49ClN2O7/c1-25(2)20-33(46-7)36(44)47-31(26(3)16-17-27-12-9-8-10-13-27)14-11-15-34(42)40-30(35(43)39-23-37(4,5)24-41)22-28-18-19-32(45-6)29(38)21-28/h8-13,15-19,21,24-26,30-31,33H,14,20,22-23H2,1-7H3,(H,39,43)(H,40,42)/b15-11+,17-16-. The zero-order valence-corrected chi connectivity index (χ0v) is 29.2. The van der Waals surface area contributed by atoms with Crippen LogP contribution in [-0.2, 0) is 35.1 Å². The van der Waals surface area contributed by atoms with Crippen LogP contribution in [0.2, 0.25) is 5.02 Å². The quantitative estimate of drug-likeness (QED) is 0.107. The van der Waals surface area contributed by atoms with Crippen molar-refractivity contribution < 1.29 is 33.4 Å². The molecule has 0 spiro atoms. The summed E-state index contributed by atoms with van der Waals surface area (Å²) in [5, 5.41) is 5.90. The zero-order valence-electron chi connectivity index (χ0n) is 28.5. The number of methoxy groups -OCH3 is 2. The summed E-state index contributed by atoms with van der Waals surface area (Å²) >= 11 is 6.30. The highest BCUT2D eigenvalue weighted by Gasteiger charge is 2.27. The lowest BCUT2D eigenvalue weighted by Gasteiger charge is -2.24. The van der Waals surface area contributed by atoms with E-state index in [1.807, 2.05) is 63.3 Å². The lowest BCUT2D eigenvalue weighted by atomic mass is 9.95. The molecule has 0 bridgehead atoms. The third-order valence-electron chi connectivity index (χ3n) is 7.44. The van der Waals surface area contributed by atoms with Gasteiger partial charge in [0, 0.05) is 37.8 Å². The van der Waals surface area contributed by atoms with Gasteiger partial charge in [-0.1, -0.05) is 101 Å². The van der Waals surface area contributed by atoms with Crippen molar-refractivity contribution in [3.8, 4) is 5.75 Å². The number of aldehydes is 1. The summed E-state index contributed by atoms with van der Waals surface area (Å²) in [5.74, 6) is -0.892. The van der Waals surface area contributed by atoms with Crippen molar-refractivity contribution in [2.24, 2.45) is 17.3 Å². The Hall–Kier alpha value is -3.95. The Labute approximate surface area is 284 Å². The Morgan fingerprint density at radius 2 is 1.72 bits per heavy atom. The molecule has 0 aliphatic heterocycles. The molecule has 2 rings (SSSR count). The van der Waals surface area contributed by atoms with E-state index in [1.54, 1.807) is 38.1 Å². The van der Waals surface area contributed by atoms with E-state index in [2.05, 4.69) is 10.6 Å². The van der Waals surface area contributed by atoms with Gasteiger partial charge in [0.2, 0.25) is 11.8 Å². The predicted octanol–water partition coefficient (Wildman–Crippen LogP) is 5.99. The first-order valence-corrected chi connectivity index (χ1v) is 16.2. The van der Waals surface area contributed by atoms with Crippen molar-refractivity contribution in [3.63, 3.8) is 0 Å². The topological polar surface area (TPSA) is 120 Å². The zero-order chi connectivity index (χ0) is 35.0. The molecule has 0 saturated heterocycles. The molecule has 0 saturated carbocycles. The van der Waals surface area contributed by atoms with E-state index < -0.39 is 41.4 Å². The lowest BCUT2D eigenvalue weighted by molar-refractivity contribution is -0.163. The molecule has 0 heterocycles. The monoisotopic (exact) mass is 668 g/mol. The largest absolute Gasteiger partial charge is 0.495 e. The molecule has 0 fully saturated rings. The number of esters is 1. The van der Waals surface area contributed by atoms with Crippen molar-refractivity contribution in [1.29, 1.82) is 0 Å². The Morgan fingerprint density at radius 1 is 1.02 bits per heavy atom. The second-order valence-electron chi connectivity index (χ2n) is 12.7. The van der Waals surface area contributed by atoms with E-state index in [9.17, 15) is 19.2 Å². The highest BCUT2D eigenvalue weighted by molar-refractivity contribution is 6.32. The van der Waals surface area contributed by atoms with Crippen LogP contribution in [-0.4, -0.2) is 63.1 Å². The molecule has 0 aliphatic rings. The highest BCUT2D eigenvalue weighted by Crippen LogP contribution is 2.25. The van der Waals surface area contributed by atoms with Crippen LogP contribution in [0.5, 0.6) is 5.75 Å². The third-order valence-corrected chi connectivity index (χ3v) is 7.74. The number of rotatable bonds is 19. The molecular formula is C37H49ClN2O7. The molecule has 47 heavy (non-hydrogen) atoms. The summed E-state index contributed by atoms with van der Waals surface area (Å²) < 4.78 is 16.6. The normalized spacial score (nSPS) is 14.4. The van der Waals surface area contributed by atoms with Crippen LogP contribution in [0.4, 0.5) is 0 Å². The van der Waals surface area contributed by atoms with Crippen molar-refractivity contribution in [1.82, 2.24) is 10.6 Å². The first-order valence-electron chi connectivity index (χ1n) is 15.8. The molecule has 2 N–H and O–H groups in total.